The minimum absolute atomic E-state index is 0.244. The van der Waals surface area contributed by atoms with E-state index in [9.17, 15) is 22.8 Å². The van der Waals surface area contributed by atoms with Gasteiger partial charge in [-0.1, -0.05) is 13.3 Å². The smallest absolute Gasteiger partial charge is 0.345 e. The average molecular weight is 238 g/mol. The quantitative estimate of drug-likeness (QED) is 0.785. The Morgan fingerprint density at radius 3 is 2.56 bits per heavy atom. The van der Waals surface area contributed by atoms with Gasteiger partial charge < -0.3 is 10.2 Å². The summed E-state index contributed by atoms with van der Waals surface area (Å²) in [6.45, 7) is 0.0389. The predicted molar refractivity (Wildman–Crippen MR) is 49.5 cm³/mol. The van der Waals surface area contributed by atoms with Gasteiger partial charge in [0.2, 0.25) is 11.8 Å². The standard InChI is InChI=1S/C9H13F3N2O2/c1-2-3-6-8(16)13-4-7(15)14(6)5-9(10,11)12/h6H,2-5H2,1H3,(H,13,16). The van der Waals surface area contributed by atoms with E-state index in [1.165, 1.54) is 0 Å². The zero-order valence-corrected chi connectivity index (χ0v) is 8.80. The SMILES string of the molecule is CCCC1C(=O)NCC(=O)N1CC(F)(F)F. The van der Waals surface area contributed by atoms with Crippen LogP contribution < -0.4 is 5.32 Å². The Bertz CT molecular complexity index is 291. The third kappa shape index (κ3) is 3.11. The van der Waals surface area contributed by atoms with Gasteiger partial charge in [-0.25, -0.2) is 0 Å². The van der Waals surface area contributed by atoms with E-state index < -0.39 is 30.6 Å². The van der Waals surface area contributed by atoms with E-state index in [4.69, 9.17) is 0 Å². The molecule has 7 heteroatoms. The Kier molecular flexibility index (Phi) is 3.77. The Balaban J connectivity index is 2.80. The molecule has 1 heterocycles. The molecule has 1 aliphatic heterocycles. The second-order valence-electron chi connectivity index (χ2n) is 3.66. The van der Waals surface area contributed by atoms with Gasteiger partial charge in [-0.15, -0.1) is 0 Å². The zero-order chi connectivity index (χ0) is 12.3. The second-order valence-corrected chi connectivity index (χ2v) is 3.66. The molecule has 0 aliphatic carbocycles. The highest BCUT2D eigenvalue weighted by molar-refractivity contribution is 5.94. The van der Waals surface area contributed by atoms with Gasteiger partial charge in [0.05, 0.1) is 6.54 Å². The summed E-state index contributed by atoms with van der Waals surface area (Å²) in [7, 11) is 0. The van der Waals surface area contributed by atoms with Crippen LogP contribution in [-0.2, 0) is 9.59 Å². The lowest BCUT2D eigenvalue weighted by Gasteiger charge is -2.35. The first-order valence-electron chi connectivity index (χ1n) is 4.99. The lowest BCUT2D eigenvalue weighted by atomic mass is 10.1. The summed E-state index contributed by atoms with van der Waals surface area (Å²) in [6.07, 6.45) is -3.69. The molecule has 1 atom stereocenters. The average Bonchev–Trinajstić information content (AvgIpc) is 2.15. The van der Waals surface area contributed by atoms with Gasteiger partial charge in [-0.3, -0.25) is 9.59 Å². The third-order valence-corrected chi connectivity index (χ3v) is 2.32. The Morgan fingerprint density at radius 2 is 2.06 bits per heavy atom. The van der Waals surface area contributed by atoms with Crippen molar-refractivity contribution in [3.63, 3.8) is 0 Å². The van der Waals surface area contributed by atoms with E-state index in [0.717, 1.165) is 0 Å². The maximum absolute atomic E-state index is 12.2. The maximum Gasteiger partial charge on any atom is 0.406 e. The molecule has 1 rings (SSSR count). The maximum atomic E-state index is 12.2. The van der Waals surface area contributed by atoms with E-state index in [1.807, 2.05) is 0 Å². The normalized spacial score (nSPS) is 22.2. The molecular weight excluding hydrogens is 225 g/mol. The molecule has 1 N–H and O–H groups in total. The van der Waals surface area contributed by atoms with Gasteiger partial charge in [0.15, 0.2) is 0 Å². The lowest BCUT2D eigenvalue weighted by Crippen LogP contribution is -2.60. The van der Waals surface area contributed by atoms with Gasteiger partial charge in [0.1, 0.15) is 12.6 Å². The van der Waals surface area contributed by atoms with Crippen molar-refractivity contribution in [3.05, 3.63) is 0 Å². The molecule has 1 saturated heterocycles. The van der Waals surface area contributed by atoms with Crippen molar-refractivity contribution in [1.29, 1.82) is 0 Å². The number of hydrogen-bond acceptors (Lipinski definition) is 2. The van der Waals surface area contributed by atoms with Crippen LogP contribution in [-0.4, -0.2) is 42.0 Å². The van der Waals surface area contributed by atoms with Crippen LogP contribution in [0.15, 0.2) is 0 Å². The summed E-state index contributed by atoms with van der Waals surface area (Å²) in [5, 5.41) is 2.28. The molecule has 0 saturated carbocycles. The van der Waals surface area contributed by atoms with Gasteiger partial charge in [0, 0.05) is 0 Å². The number of halogens is 3. The molecule has 92 valence electrons. The largest absolute Gasteiger partial charge is 0.406 e. The molecule has 1 aliphatic rings. The van der Waals surface area contributed by atoms with Crippen molar-refractivity contribution in [3.8, 4) is 0 Å². The molecular formula is C9H13F3N2O2. The number of nitrogens with zero attached hydrogens (tertiary/aromatic N) is 1. The van der Waals surface area contributed by atoms with Crippen LogP contribution in [0.5, 0.6) is 0 Å². The summed E-state index contributed by atoms with van der Waals surface area (Å²) in [5.74, 6) is -1.19. The van der Waals surface area contributed by atoms with Crippen LogP contribution in [0.4, 0.5) is 13.2 Å². The van der Waals surface area contributed by atoms with Gasteiger partial charge in [-0.05, 0) is 6.42 Å². The van der Waals surface area contributed by atoms with Crippen molar-refractivity contribution in [2.75, 3.05) is 13.1 Å². The summed E-state index contributed by atoms with van der Waals surface area (Å²) in [6, 6.07) is -0.993. The first kappa shape index (κ1) is 12.8. The Morgan fingerprint density at radius 1 is 1.44 bits per heavy atom. The van der Waals surface area contributed by atoms with Crippen molar-refractivity contribution >= 4 is 11.8 Å². The fraction of sp³-hybridized carbons (Fsp3) is 0.778. The van der Waals surface area contributed by atoms with Crippen molar-refractivity contribution < 1.29 is 22.8 Å². The van der Waals surface area contributed by atoms with Gasteiger partial charge in [-0.2, -0.15) is 13.2 Å². The summed E-state index contributed by atoms with van der Waals surface area (Å²) in [5.41, 5.74) is 0. The first-order chi connectivity index (χ1) is 7.35. The topological polar surface area (TPSA) is 49.4 Å². The highest BCUT2D eigenvalue weighted by Crippen LogP contribution is 2.21. The number of carbonyl (C=O) groups is 2. The van der Waals surface area contributed by atoms with Crippen molar-refractivity contribution in [1.82, 2.24) is 10.2 Å². The molecule has 0 aromatic rings. The van der Waals surface area contributed by atoms with Gasteiger partial charge in [0.25, 0.3) is 0 Å². The monoisotopic (exact) mass is 238 g/mol. The molecule has 16 heavy (non-hydrogen) atoms. The third-order valence-electron chi connectivity index (χ3n) is 2.32. The van der Waals surface area contributed by atoms with Gasteiger partial charge >= 0.3 is 6.18 Å². The van der Waals surface area contributed by atoms with Crippen LogP contribution in [0.2, 0.25) is 0 Å². The van der Waals surface area contributed by atoms with Crippen LogP contribution in [0.3, 0.4) is 0 Å². The minimum Gasteiger partial charge on any atom is -0.345 e. The number of amides is 2. The summed E-state index contributed by atoms with van der Waals surface area (Å²) < 4.78 is 36.7. The predicted octanol–water partition coefficient (Wildman–Crippen LogP) is 0.676. The number of carbonyl (C=O) groups excluding carboxylic acids is 2. The summed E-state index contributed by atoms with van der Waals surface area (Å²) >= 11 is 0. The molecule has 1 unspecified atom stereocenters. The van der Waals surface area contributed by atoms with E-state index >= 15 is 0 Å². The molecule has 0 bridgehead atoms. The lowest BCUT2D eigenvalue weighted by molar-refractivity contribution is -0.171. The van der Waals surface area contributed by atoms with Crippen LogP contribution in [0, 0.1) is 0 Å². The van der Waals surface area contributed by atoms with Crippen molar-refractivity contribution in [2.45, 2.75) is 32.0 Å². The second kappa shape index (κ2) is 4.71. The van der Waals surface area contributed by atoms with Crippen LogP contribution in [0.1, 0.15) is 19.8 Å². The molecule has 4 nitrogen and oxygen atoms in total. The highest BCUT2D eigenvalue weighted by Gasteiger charge is 2.40. The highest BCUT2D eigenvalue weighted by atomic mass is 19.4. The van der Waals surface area contributed by atoms with Crippen molar-refractivity contribution in [2.24, 2.45) is 0 Å². The fourth-order valence-corrected chi connectivity index (χ4v) is 1.65. The fourth-order valence-electron chi connectivity index (χ4n) is 1.65. The molecule has 0 spiro atoms. The number of alkyl halides is 3. The molecule has 0 aromatic heterocycles. The first-order valence-corrected chi connectivity index (χ1v) is 4.99. The van der Waals surface area contributed by atoms with E-state index in [-0.39, 0.29) is 13.0 Å². The Hall–Kier alpha value is -1.27. The molecule has 1 fully saturated rings. The zero-order valence-electron chi connectivity index (χ0n) is 8.80. The van der Waals surface area contributed by atoms with E-state index in [0.29, 0.717) is 11.3 Å². The van der Waals surface area contributed by atoms with E-state index in [1.54, 1.807) is 6.92 Å². The van der Waals surface area contributed by atoms with Crippen LogP contribution >= 0.6 is 0 Å². The number of nitrogens with one attached hydrogen (secondary N) is 1. The number of piperazine rings is 1. The summed E-state index contributed by atoms with van der Waals surface area (Å²) in [4.78, 5) is 23.3. The van der Waals surface area contributed by atoms with E-state index in [2.05, 4.69) is 5.32 Å². The molecule has 0 radical (unpaired) electrons. The Labute approximate surface area is 90.8 Å². The number of hydrogen-bond donors (Lipinski definition) is 1. The molecule has 2 amide bonds. The molecule has 0 aromatic carbocycles. The number of rotatable bonds is 3. The minimum atomic E-state index is -4.47. The van der Waals surface area contributed by atoms with Crippen LogP contribution in [0.25, 0.3) is 0 Å².